The van der Waals surface area contributed by atoms with Crippen LogP contribution in [0.4, 0.5) is 5.69 Å². The van der Waals surface area contributed by atoms with E-state index in [2.05, 4.69) is 22.9 Å². The first-order valence-corrected chi connectivity index (χ1v) is 11.0. The van der Waals surface area contributed by atoms with Crippen molar-refractivity contribution in [1.29, 1.82) is 0 Å². The summed E-state index contributed by atoms with van der Waals surface area (Å²) in [7, 11) is 0. The molecule has 0 fully saturated rings. The number of amides is 1. The molecule has 1 aliphatic rings. The molecule has 0 spiro atoms. The minimum atomic E-state index is -0.391. The first-order chi connectivity index (χ1) is 14.5. The van der Waals surface area contributed by atoms with E-state index in [4.69, 9.17) is 4.98 Å². The lowest BCUT2D eigenvalue weighted by Gasteiger charge is -2.18. The van der Waals surface area contributed by atoms with Gasteiger partial charge in [0.25, 0.3) is 5.56 Å². The third-order valence-electron chi connectivity index (χ3n) is 5.53. The van der Waals surface area contributed by atoms with E-state index in [1.807, 2.05) is 41.3 Å². The van der Waals surface area contributed by atoms with Crippen molar-refractivity contribution in [3.63, 3.8) is 0 Å². The van der Waals surface area contributed by atoms with E-state index >= 15 is 0 Å². The number of aliphatic hydroxyl groups is 1. The molecule has 1 N–H and O–H groups in total. The normalized spacial score (nSPS) is 15.8. The molecular weight excluding hydrogens is 446 g/mol. The number of rotatable bonds is 7. The van der Waals surface area contributed by atoms with Crippen molar-refractivity contribution in [3.05, 3.63) is 68.7 Å². The SMILES string of the molecule is CCCN1C(=O)[C@H](Cc2nc3ccccc3c(=O)n2CCCO)c2cc(Br)ccc21. The third kappa shape index (κ3) is 3.68. The van der Waals surface area contributed by atoms with Crippen LogP contribution < -0.4 is 10.5 Å². The van der Waals surface area contributed by atoms with Crippen molar-refractivity contribution in [2.45, 2.75) is 38.6 Å². The van der Waals surface area contributed by atoms with Crippen LogP contribution in [0.25, 0.3) is 10.9 Å². The van der Waals surface area contributed by atoms with Gasteiger partial charge in [-0.3, -0.25) is 14.2 Å². The van der Waals surface area contributed by atoms with E-state index < -0.39 is 5.92 Å². The summed E-state index contributed by atoms with van der Waals surface area (Å²) in [5, 5.41) is 9.85. The van der Waals surface area contributed by atoms with E-state index in [-0.39, 0.29) is 18.1 Å². The Balaban J connectivity index is 1.81. The fourth-order valence-corrected chi connectivity index (χ4v) is 4.53. The molecule has 1 amide bonds. The van der Waals surface area contributed by atoms with Gasteiger partial charge in [-0.2, -0.15) is 0 Å². The number of hydrogen-bond acceptors (Lipinski definition) is 4. The second-order valence-corrected chi connectivity index (χ2v) is 8.44. The minimum Gasteiger partial charge on any atom is -0.396 e. The Morgan fingerprint density at radius 2 is 1.93 bits per heavy atom. The van der Waals surface area contributed by atoms with Crippen LogP contribution in [-0.4, -0.2) is 33.7 Å². The summed E-state index contributed by atoms with van der Waals surface area (Å²) in [6.07, 6.45) is 1.66. The minimum absolute atomic E-state index is 0.0128. The molecule has 30 heavy (non-hydrogen) atoms. The average molecular weight is 470 g/mol. The summed E-state index contributed by atoms with van der Waals surface area (Å²) in [6.45, 7) is 3.07. The number of aliphatic hydroxyl groups excluding tert-OH is 1. The molecule has 6 nitrogen and oxygen atoms in total. The third-order valence-corrected chi connectivity index (χ3v) is 6.03. The molecule has 2 aromatic carbocycles. The lowest BCUT2D eigenvalue weighted by atomic mass is 9.96. The second kappa shape index (κ2) is 8.70. The van der Waals surface area contributed by atoms with Crippen molar-refractivity contribution in [3.8, 4) is 0 Å². The number of nitrogens with zero attached hydrogens (tertiary/aromatic N) is 3. The van der Waals surface area contributed by atoms with Gasteiger partial charge < -0.3 is 10.0 Å². The molecule has 1 atom stereocenters. The number of aromatic nitrogens is 2. The molecule has 1 aromatic heterocycles. The summed E-state index contributed by atoms with van der Waals surface area (Å²) in [6, 6.07) is 13.2. The lowest BCUT2D eigenvalue weighted by Crippen LogP contribution is -2.32. The van der Waals surface area contributed by atoms with Gasteiger partial charge in [-0.15, -0.1) is 0 Å². The van der Waals surface area contributed by atoms with E-state index in [0.717, 1.165) is 22.1 Å². The summed E-state index contributed by atoms with van der Waals surface area (Å²) < 4.78 is 2.54. The van der Waals surface area contributed by atoms with E-state index in [9.17, 15) is 14.7 Å². The summed E-state index contributed by atoms with van der Waals surface area (Å²) in [5.41, 5.74) is 2.39. The van der Waals surface area contributed by atoms with Crippen LogP contribution in [0.1, 0.15) is 37.1 Å². The van der Waals surface area contributed by atoms with Gasteiger partial charge in [0.05, 0.1) is 16.8 Å². The number of carbonyl (C=O) groups is 1. The van der Waals surface area contributed by atoms with Gasteiger partial charge in [0.15, 0.2) is 0 Å². The van der Waals surface area contributed by atoms with Crippen molar-refractivity contribution >= 4 is 38.4 Å². The highest BCUT2D eigenvalue weighted by molar-refractivity contribution is 9.10. The van der Waals surface area contributed by atoms with Crippen LogP contribution in [0, 0.1) is 0 Å². The van der Waals surface area contributed by atoms with Crippen molar-refractivity contribution in [1.82, 2.24) is 9.55 Å². The maximum atomic E-state index is 13.3. The first-order valence-electron chi connectivity index (χ1n) is 10.2. The highest BCUT2D eigenvalue weighted by atomic mass is 79.9. The van der Waals surface area contributed by atoms with Gasteiger partial charge in [0.2, 0.25) is 5.91 Å². The molecule has 4 rings (SSSR count). The van der Waals surface area contributed by atoms with Crippen LogP contribution in [-0.2, 0) is 17.8 Å². The zero-order chi connectivity index (χ0) is 21.3. The molecule has 0 bridgehead atoms. The smallest absolute Gasteiger partial charge is 0.261 e. The molecule has 2 heterocycles. The van der Waals surface area contributed by atoms with Gasteiger partial charge in [-0.05, 0) is 48.7 Å². The lowest BCUT2D eigenvalue weighted by molar-refractivity contribution is -0.119. The summed E-state index contributed by atoms with van der Waals surface area (Å²) >= 11 is 3.52. The van der Waals surface area contributed by atoms with E-state index in [0.29, 0.717) is 42.7 Å². The fraction of sp³-hybridized carbons (Fsp3) is 0.348. The predicted molar refractivity (Wildman–Crippen MR) is 121 cm³/mol. The Bertz CT molecular complexity index is 1160. The van der Waals surface area contributed by atoms with Gasteiger partial charge >= 0.3 is 0 Å². The van der Waals surface area contributed by atoms with E-state index in [1.54, 1.807) is 10.6 Å². The molecule has 0 radical (unpaired) electrons. The Morgan fingerprint density at radius 3 is 2.70 bits per heavy atom. The van der Waals surface area contributed by atoms with Gasteiger partial charge in [-0.25, -0.2) is 4.98 Å². The Labute approximate surface area is 183 Å². The Kier molecular flexibility index (Phi) is 6.01. The monoisotopic (exact) mass is 469 g/mol. The highest BCUT2D eigenvalue weighted by Gasteiger charge is 2.37. The van der Waals surface area contributed by atoms with Crippen LogP contribution in [0.5, 0.6) is 0 Å². The molecule has 0 saturated heterocycles. The van der Waals surface area contributed by atoms with Crippen LogP contribution in [0.2, 0.25) is 0 Å². The number of benzene rings is 2. The number of fused-ring (bicyclic) bond motifs is 2. The molecule has 0 aliphatic carbocycles. The Morgan fingerprint density at radius 1 is 1.13 bits per heavy atom. The quantitative estimate of drug-likeness (QED) is 0.573. The Hall–Kier alpha value is -2.51. The summed E-state index contributed by atoms with van der Waals surface area (Å²) in [5.74, 6) is 0.230. The largest absolute Gasteiger partial charge is 0.396 e. The van der Waals surface area contributed by atoms with Crippen molar-refractivity contribution < 1.29 is 9.90 Å². The van der Waals surface area contributed by atoms with Gasteiger partial charge in [-0.1, -0.05) is 35.0 Å². The maximum Gasteiger partial charge on any atom is 0.261 e. The number of hydrogen-bond donors (Lipinski definition) is 1. The first kappa shape index (κ1) is 20.8. The van der Waals surface area contributed by atoms with Crippen LogP contribution >= 0.6 is 15.9 Å². The number of carbonyl (C=O) groups excluding carboxylic acids is 1. The standard InChI is InChI=1S/C23H24BrN3O3/c1-2-10-26-20-9-8-15(24)13-17(20)18(23(26)30)14-21-25-19-7-4-3-6-16(19)22(29)27(21)11-5-12-28/h3-4,6-9,13,18,28H,2,5,10-12,14H2,1H3/t18-/m1/s1. The molecule has 156 valence electrons. The maximum absolute atomic E-state index is 13.3. The second-order valence-electron chi connectivity index (χ2n) is 7.53. The molecule has 1 aliphatic heterocycles. The predicted octanol–water partition coefficient (Wildman–Crippen LogP) is 3.62. The zero-order valence-corrected chi connectivity index (χ0v) is 18.4. The van der Waals surface area contributed by atoms with Gasteiger partial charge in [0.1, 0.15) is 5.82 Å². The molecule has 3 aromatic rings. The average Bonchev–Trinajstić information content (AvgIpc) is 2.99. The fourth-order valence-electron chi connectivity index (χ4n) is 4.15. The topological polar surface area (TPSA) is 75.4 Å². The van der Waals surface area contributed by atoms with Gasteiger partial charge in [0, 0.05) is 36.3 Å². The molecular formula is C23H24BrN3O3. The highest BCUT2D eigenvalue weighted by Crippen LogP contribution is 2.40. The van der Waals surface area contributed by atoms with E-state index in [1.165, 1.54) is 0 Å². The number of anilines is 1. The van der Waals surface area contributed by atoms with Crippen molar-refractivity contribution in [2.24, 2.45) is 0 Å². The van der Waals surface area contributed by atoms with Crippen LogP contribution in [0.3, 0.4) is 0 Å². The molecule has 7 heteroatoms. The number of para-hydroxylation sites is 1. The zero-order valence-electron chi connectivity index (χ0n) is 16.8. The van der Waals surface area contributed by atoms with Crippen LogP contribution in [0.15, 0.2) is 51.7 Å². The molecule has 0 unspecified atom stereocenters. The van der Waals surface area contributed by atoms with Crippen molar-refractivity contribution in [2.75, 3.05) is 18.1 Å². The summed E-state index contributed by atoms with van der Waals surface area (Å²) in [4.78, 5) is 33.0. The number of halogens is 1. The molecule has 0 saturated carbocycles.